The second-order valence-electron chi connectivity index (χ2n) is 5.18. The van der Waals surface area contributed by atoms with Gasteiger partial charge in [-0.1, -0.05) is 32.4 Å². The van der Waals surface area contributed by atoms with Crippen LogP contribution in [0.5, 0.6) is 5.75 Å². The first-order valence-corrected chi connectivity index (χ1v) is 7.48. The second kappa shape index (κ2) is 9.64. The fourth-order valence-electron chi connectivity index (χ4n) is 1.93. The number of alkyl halides is 2. The van der Waals surface area contributed by atoms with Crippen molar-refractivity contribution in [2.24, 2.45) is 5.92 Å². The first kappa shape index (κ1) is 19.6. The van der Waals surface area contributed by atoms with Crippen molar-refractivity contribution in [1.29, 1.82) is 0 Å². The highest BCUT2D eigenvalue weighted by molar-refractivity contribution is 5.94. The van der Waals surface area contributed by atoms with Gasteiger partial charge in [0.25, 0.3) is 0 Å². The topological polar surface area (TPSA) is 64.6 Å². The van der Waals surface area contributed by atoms with E-state index in [-0.39, 0.29) is 11.7 Å². The van der Waals surface area contributed by atoms with Crippen LogP contribution in [0.3, 0.4) is 0 Å². The van der Waals surface area contributed by atoms with Gasteiger partial charge in [-0.3, -0.25) is 4.79 Å². The summed E-state index contributed by atoms with van der Waals surface area (Å²) in [6.45, 7) is 0.867. The van der Waals surface area contributed by atoms with Gasteiger partial charge in [0.1, 0.15) is 11.8 Å². The highest BCUT2D eigenvalue weighted by Crippen LogP contribution is 2.15. The summed E-state index contributed by atoms with van der Waals surface area (Å²) in [5.41, 5.74) is 0.630. The van der Waals surface area contributed by atoms with E-state index in [0.717, 1.165) is 0 Å². The Morgan fingerprint density at radius 2 is 1.88 bits per heavy atom. The van der Waals surface area contributed by atoms with E-state index in [4.69, 9.17) is 4.74 Å². The van der Waals surface area contributed by atoms with Gasteiger partial charge in [-0.15, -0.1) is 0 Å². The van der Waals surface area contributed by atoms with Crippen molar-refractivity contribution < 1.29 is 27.8 Å². The lowest BCUT2D eigenvalue weighted by Crippen LogP contribution is -2.45. The van der Waals surface area contributed by atoms with Crippen LogP contribution in [-0.4, -0.2) is 31.6 Å². The third-order valence-electron chi connectivity index (χ3n) is 3.50. The maximum atomic E-state index is 12.1. The van der Waals surface area contributed by atoms with Crippen molar-refractivity contribution in [3.8, 4) is 5.75 Å². The molecule has 132 valence electrons. The van der Waals surface area contributed by atoms with Gasteiger partial charge >= 0.3 is 12.6 Å². The van der Waals surface area contributed by atoms with Crippen molar-refractivity contribution in [3.63, 3.8) is 0 Å². The van der Waals surface area contributed by atoms with E-state index in [2.05, 4.69) is 10.1 Å². The van der Waals surface area contributed by atoms with Crippen LogP contribution in [0.4, 0.5) is 8.78 Å². The molecule has 5 nitrogen and oxygen atoms in total. The third-order valence-corrected chi connectivity index (χ3v) is 3.50. The van der Waals surface area contributed by atoms with E-state index in [1.165, 1.54) is 43.5 Å². The van der Waals surface area contributed by atoms with Crippen LogP contribution >= 0.6 is 0 Å². The largest absolute Gasteiger partial charge is 0.467 e. The van der Waals surface area contributed by atoms with Gasteiger partial charge in [-0.25, -0.2) is 4.79 Å². The van der Waals surface area contributed by atoms with Gasteiger partial charge in [-0.2, -0.15) is 8.78 Å². The number of carbonyl (C=O) groups is 2. The molecule has 0 aliphatic rings. The van der Waals surface area contributed by atoms with Crippen molar-refractivity contribution in [2.45, 2.75) is 32.9 Å². The molecule has 0 aliphatic carbocycles. The Balaban J connectivity index is 2.68. The average Bonchev–Trinajstić information content (AvgIpc) is 2.57. The highest BCUT2D eigenvalue weighted by atomic mass is 19.3. The molecule has 0 aliphatic heterocycles. The number of hydrogen-bond acceptors (Lipinski definition) is 4. The highest BCUT2D eigenvalue weighted by Gasteiger charge is 2.25. The number of esters is 1. The molecule has 1 amide bonds. The Labute approximate surface area is 139 Å². The smallest absolute Gasteiger partial charge is 0.387 e. The first-order chi connectivity index (χ1) is 11.4. The molecule has 2 atom stereocenters. The molecule has 24 heavy (non-hydrogen) atoms. The van der Waals surface area contributed by atoms with Crippen molar-refractivity contribution >= 4 is 18.0 Å². The van der Waals surface area contributed by atoms with Crippen molar-refractivity contribution in [2.75, 3.05) is 7.11 Å². The molecular formula is C17H21F2NO4. The molecule has 0 spiro atoms. The summed E-state index contributed by atoms with van der Waals surface area (Å²) >= 11 is 0. The normalized spacial score (nSPS) is 13.6. The fraction of sp³-hybridized carbons (Fsp3) is 0.412. The second-order valence-corrected chi connectivity index (χ2v) is 5.18. The van der Waals surface area contributed by atoms with Crippen LogP contribution in [0.25, 0.3) is 6.08 Å². The molecule has 0 radical (unpaired) electrons. The molecule has 0 saturated heterocycles. The Hall–Kier alpha value is -2.44. The van der Waals surface area contributed by atoms with E-state index in [1.807, 2.05) is 13.8 Å². The predicted octanol–water partition coefficient (Wildman–Crippen LogP) is 3.01. The molecule has 7 heteroatoms. The van der Waals surface area contributed by atoms with Crippen LogP contribution < -0.4 is 10.1 Å². The maximum Gasteiger partial charge on any atom is 0.387 e. The zero-order chi connectivity index (χ0) is 18.1. The van der Waals surface area contributed by atoms with Crippen LogP contribution in [0.15, 0.2) is 30.3 Å². The zero-order valence-corrected chi connectivity index (χ0v) is 13.8. The van der Waals surface area contributed by atoms with Crippen LogP contribution in [-0.2, 0) is 14.3 Å². The number of rotatable bonds is 8. The summed E-state index contributed by atoms with van der Waals surface area (Å²) in [6.07, 6.45) is 3.48. The number of amides is 1. The molecule has 0 bridgehead atoms. The van der Waals surface area contributed by atoms with E-state index < -0.39 is 24.5 Å². The maximum absolute atomic E-state index is 12.1. The standard InChI is InChI=1S/C17H21F2NO4/c1-4-11(2)15(16(22)23-3)20-14(21)10-7-12-5-8-13(9-6-12)24-17(18)19/h5-11,15,17H,4H2,1-3H3,(H,20,21)/b10-7+. The molecule has 2 unspecified atom stereocenters. The molecule has 0 heterocycles. The van der Waals surface area contributed by atoms with Gasteiger partial charge in [0.05, 0.1) is 7.11 Å². The van der Waals surface area contributed by atoms with E-state index >= 15 is 0 Å². The molecule has 1 rings (SSSR count). The van der Waals surface area contributed by atoms with Crippen molar-refractivity contribution in [1.82, 2.24) is 5.32 Å². The summed E-state index contributed by atoms with van der Waals surface area (Å²) in [5.74, 6) is -0.979. The monoisotopic (exact) mass is 341 g/mol. The van der Waals surface area contributed by atoms with Gasteiger partial charge in [-0.05, 0) is 29.7 Å². The fourth-order valence-corrected chi connectivity index (χ4v) is 1.93. The minimum atomic E-state index is -2.88. The zero-order valence-electron chi connectivity index (χ0n) is 13.8. The van der Waals surface area contributed by atoms with Gasteiger partial charge < -0.3 is 14.8 Å². The number of carbonyl (C=O) groups excluding carboxylic acids is 2. The first-order valence-electron chi connectivity index (χ1n) is 7.48. The Morgan fingerprint density at radius 3 is 2.38 bits per heavy atom. The van der Waals surface area contributed by atoms with E-state index in [0.29, 0.717) is 12.0 Å². The van der Waals surface area contributed by atoms with Crippen LogP contribution in [0.2, 0.25) is 0 Å². The Morgan fingerprint density at radius 1 is 1.25 bits per heavy atom. The lowest BCUT2D eigenvalue weighted by Gasteiger charge is -2.20. The third kappa shape index (κ3) is 6.36. The molecular weight excluding hydrogens is 320 g/mol. The predicted molar refractivity (Wildman–Crippen MR) is 85.5 cm³/mol. The molecule has 1 N–H and O–H groups in total. The molecule has 0 fully saturated rings. The van der Waals surface area contributed by atoms with Gasteiger partial charge in [0.15, 0.2) is 0 Å². The van der Waals surface area contributed by atoms with Gasteiger partial charge in [0.2, 0.25) is 5.91 Å². The molecule has 0 aromatic heterocycles. The SMILES string of the molecule is CCC(C)C(NC(=O)/C=C/c1ccc(OC(F)F)cc1)C(=O)OC. The number of methoxy groups -OCH3 is 1. The number of nitrogens with one attached hydrogen (secondary N) is 1. The van der Waals surface area contributed by atoms with Gasteiger partial charge in [0, 0.05) is 6.08 Å². The average molecular weight is 341 g/mol. The lowest BCUT2D eigenvalue weighted by atomic mass is 9.99. The number of halogens is 2. The van der Waals surface area contributed by atoms with Crippen LogP contribution in [0.1, 0.15) is 25.8 Å². The molecule has 0 saturated carbocycles. The summed E-state index contributed by atoms with van der Waals surface area (Å²) in [4.78, 5) is 23.7. The lowest BCUT2D eigenvalue weighted by molar-refractivity contribution is -0.146. The quantitative estimate of drug-likeness (QED) is 0.583. The Kier molecular flexibility index (Phi) is 7.88. The summed E-state index contributed by atoms with van der Waals surface area (Å²) in [7, 11) is 1.27. The minimum Gasteiger partial charge on any atom is -0.467 e. The van der Waals surface area contributed by atoms with Crippen LogP contribution in [0, 0.1) is 5.92 Å². The number of benzene rings is 1. The molecule has 1 aromatic carbocycles. The van der Waals surface area contributed by atoms with E-state index in [1.54, 1.807) is 0 Å². The number of hydrogen-bond donors (Lipinski definition) is 1. The Bertz CT molecular complexity index is 572. The summed E-state index contributed by atoms with van der Waals surface area (Å²) < 4.78 is 33.0. The summed E-state index contributed by atoms with van der Waals surface area (Å²) in [6, 6.07) is 5.10. The number of ether oxygens (including phenoxy) is 2. The van der Waals surface area contributed by atoms with Crippen molar-refractivity contribution in [3.05, 3.63) is 35.9 Å². The van der Waals surface area contributed by atoms with E-state index in [9.17, 15) is 18.4 Å². The molecule has 1 aromatic rings. The summed E-state index contributed by atoms with van der Waals surface area (Å²) in [5, 5.41) is 2.60. The minimum absolute atomic E-state index is 0.0362.